The first-order valence-corrected chi connectivity index (χ1v) is 8.52. The highest BCUT2D eigenvalue weighted by Crippen LogP contribution is 2.19. The number of amides is 1. The number of nitrogens with zero attached hydrogens (tertiary/aromatic N) is 4. The number of piperidine rings is 1. The maximum absolute atomic E-state index is 12.0. The molecule has 1 aliphatic rings. The van der Waals surface area contributed by atoms with Crippen LogP contribution in [0.15, 0.2) is 42.6 Å². The predicted octanol–water partition coefficient (Wildman–Crippen LogP) is 1.99. The number of nitrogens with one attached hydrogen (secondary N) is 1. The van der Waals surface area contributed by atoms with Crippen LogP contribution in [0.3, 0.4) is 0 Å². The standard InChI is InChI=1S/C19H21N5O/c20-12-16-4-1-2-5-17(16)14-24-10-7-15(8-11-24)13-21-19(25)18-6-3-9-22-23-18/h1-6,9,15H,7-8,10-11,13-14H2,(H,21,25). The average molecular weight is 335 g/mol. The number of carbonyl (C=O) groups is 1. The summed E-state index contributed by atoms with van der Waals surface area (Å²) in [6, 6.07) is 13.4. The van der Waals surface area contributed by atoms with Gasteiger partial charge < -0.3 is 5.32 Å². The lowest BCUT2D eigenvalue weighted by Gasteiger charge is -2.32. The third kappa shape index (κ3) is 4.61. The molecule has 1 N–H and O–H groups in total. The van der Waals surface area contributed by atoms with Crippen molar-refractivity contribution in [3.8, 4) is 6.07 Å². The number of hydrogen-bond acceptors (Lipinski definition) is 5. The third-order valence-corrected chi connectivity index (χ3v) is 4.60. The van der Waals surface area contributed by atoms with E-state index in [4.69, 9.17) is 0 Å². The van der Waals surface area contributed by atoms with Gasteiger partial charge in [-0.05, 0) is 55.6 Å². The van der Waals surface area contributed by atoms with E-state index in [9.17, 15) is 10.1 Å². The normalized spacial score (nSPS) is 15.5. The van der Waals surface area contributed by atoms with E-state index in [1.807, 2.05) is 24.3 Å². The van der Waals surface area contributed by atoms with Gasteiger partial charge in [-0.25, -0.2) is 0 Å². The number of rotatable bonds is 5. The SMILES string of the molecule is N#Cc1ccccc1CN1CCC(CNC(=O)c2cccnn2)CC1. The van der Waals surface area contributed by atoms with Crippen molar-refractivity contribution in [2.24, 2.45) is 5.92 Å². The molecule has 25 heavy (non-hydrogen) atoms. The molecule has 0 atom stereocenters. The van der Waals surface area contributed by atoms with E-state index >= 15 is 0 Å². The van der Waals surface area contributed by atoms with Crippen molar-refractivity contribution in [1.82, 2.24) is 20.4 Å². The predicted molar refractivity (Wildman–Crippen MR) is 93.5 cm³/mol. The van der Waals surface area contributed by atoms with E-state index in [0.717, 1.165) is 43.6 Å². The number of nitriles is 1. The van der Waals surface area contributed by atoms with E-state index < -0.39 is 0 Å². The van der Waals surface area contributed by atoms with Gasteiger partial charge in [0.1, 0.15) is 0 Å². The van der Waals surface area contributed by atoms with Gasteiger partial charge in [-0.2, -0.15) is 10.4 Å². The van der Waals surface area contributed by atoms with E-state index in [-0.39, 0.29) is 5.91 Å². The van der Waals surface area contributed by atoms with Crippen molar-refractivity contribution in [2.45, 2.75) is 19.4 Å². The van der Waals surface area contributed by atoms with Crippen molar-refractivity contribution in [1.29, 1.82) is 5.26 Å². The molecule has 0 aliphatic carbocycles. The van der Waals surface area contributed by atoms with Crippen LogP contribution in [-0.2, 0) is 6.54 Å². The molecule has 1 aromatic heterocycles. The van der Waals surface area contributed by atoms with Crippen LogP contribution in [0.5, 0.6) is 0 Å². The molecular weight excluding hydrogens is 314 g/mol. The molecule has 0 bridgehead atoms. The highest BCUT2D eigenvalue weighted by atomic mass is 16.1. The van der Waals surface area contributed by atoms with Gasteiger partial charge in [0.15, 0.2) is 5.69 Å². The van der Waals surface area contributed by atoms with Crippen LogP contribution in [-0.4, -0.2) is 40.6 Å². The number of likely N-dealkylation sites (tertiary alicyclic amines) is 1. The zero-order valence-electron chi connectivity index (χ0n) is 14.1. The Kier molecular flexibility index (Phi) is 5.70. The highest BCUT2D eigenvalue weighted by Gasteiger charge is 2.20. The lowest BCUT2D eigenvalue weighted by atomic mass is 9.96. The Morgan fingerprint density at radius 3 is 2.76 bits per heavy atom. The molecule has 0 unspecified atom stereocenters. The zero-order chi connectivity index (χ0) is 17.5. The van der Waals surface area contributed by atoms with Crippen LogP contribution in [0.25, 0.3) is 0 Å². The van der Waals surface area contributed by atoms with Crippen LogP contribution in [0.4, 0.5) is 0 Å². The van der Waals surface area contributed by atoms with E-state index in [1.54, 1.807) is 18.3 Å². The Hall–Kier alpha value is -2.78. The minimum Gasteiger partial charge on any atom is -0.350 e. The largest absolute Gasteiger partial charge is 0.350 e. The van der Waals surface area contributed by atoms with E-state index in [2.05, 4.69) is 26.5 Å². The smallest absolute Gasteiger partial charge is 0.271 e. The first kappa shape index (κ1) is 17.1. The molecule has 0 radical (unpaired) electrons. The van der Waals surface area contributed by atoms with Gasteiger partial charge in [0, 0.05) is 19.3 Å². The van der Waals surface area contributed by atoms with Gasteiger partial charge in [0.05, 0.1) is 11.6 Å². The molecular formula is C19H21N5O. The van der Waals surface area contributed by atoms with Crippen LogP contribution < -0.4 is 5.32 Å². The quantitative estimate of drug-likeness (QED) is 0.903. The molecule has 1 aromatic carbocycles. The maximum atomic E-state index is 12.0. The summed E-state index contributed by atoms with van der Waals surface area (Å²) in [6.45, 7) is 3.43. The van der Waals surface area contributed by atoms with Gasteiger partial charge in [-0.15, -0.1) is 5.10 Å². The van der Waals surface area contributed by atoms with Crippen molar-refractivity contribution >= 4 is 5.91 Å². The summed E-state index contributed by atoms with van der Waals surface area (Å²) >= 11 is 0. The molecule has 2 heterocycles. The Labute approximate surface area is 147 Å². The van der Waals surface area contributed by atoms with Gasteiger partial charge in [0.25, 0.3) is 5.91 Å². The Morgan fingerprint density at radius 2 is 2.04 bits per heavy atom. The Bertz CT molecular complexity index is 748. The molecule has 6 heteroatoms. The maximum Gasteiger partial charge on any atom is 0.271 e. The summed E-state index contributed by atoms with van der Waals surface area (Å²) < 4.78 is 0. The molecule has 1 fully saturated rings. The molecule has 1 amide bonds. The topological polar surface area (TPSA) is 81.9 Å². The Morgan fingerprint density at radius 1 is 1.24 bits per heavy atom. The lowest BCUT2D eigenvalue weighted by Crippen LogP contribution is -2.38. The molecule has 1 aliphatic heterocycles. The van der Waals surface area contributed by atoms with E-state index in [0.29, 0.717) is 18.2 Å². The molecule has 3 rings (SSSR count). The lowest BCUT2D eigenvalue weighted by molar-refractivity contribution is 0.0929. The minimum atomic E-state index is -0.168. The fraction of sp³-hybridized carbons (Fsp3) is 0.368. The molecule has 0 saturated carbocycles. The van der Waals surface area contributed by atoms with Crippen molar-refractivity contribution in [2.75, 3.05) is 19.6 Å². The third-order valence-electron chi connectivity index (χ3n) is 4.60. The molecule has 128 valence electrons. The summed E-state index contributed by atoms with van der Waals surface area (Å²) in [5, 5.41) is 19.7. The summed E-state index contributed by atoms with van der Waals surface area (Å²) in [5.41, 5.74) is 2.19. The fourth-order valence-corrected chi connectivity index (χ4v) is 3.11. The molecule has 2 aromatic rings. The highest BCUT2D eigenvalue weighted by molar-refractivity contribution is 5.91. The molecule has 0 spiro atoms. The van der Waals surface area contributed by atoms with E-state index in [1.165, 1.54) is 0 Å². The second-order valence-electron chi connectivity index (χ2n) is 6.31. The van der Waals surface area contributed by atoms with Gasteiger partial charge in [0.2, 0.25) is 0 Å². The second-order valence-corrected chi connectivity index (χ2v) is 6.31. The molecule has 1 saturated heterocycles. The average Bonchev–Trinajstić information content (AvgIpc) is 2.68. The second kappa shape index (κ2) is 8.36. The van der Waals surface area contributed by atoms with Crippen molar-refractivity contribution < 1.29 is 4.79 Å². The fourth-order valence-electron chi connectivity index (χ4n) is 3.11. The summed E-state index contributed by atoms with van der Waals surface area (Å²) in [4.78, 5) is 14.4. The number of benzene rings is 1. The number of hydrogen-bond donors (Lipinski definition) is 1. The van der Waals surface area contributed by atoms with Crippen LogP contribution in [0.1, 0.15) is 34.5 Å². The van der Waals surface area contributed by atoms with Crippen molar-refractivity contribution in [3.05, 3.63) is 59.4 Å². The van der Waals surface area contributed by atoms with Gasteiger partial charge in [-0.1, -0.05) is 18.2 Å². The minimum absolute atomic E-state index is 0.168. The first-order chi connectivity index (χ1) is 12.3. The van der Waals surface area contributed by atoms with Crippen LogP contribution in [0, 0.1) is 17.2 Å². The number of carbonyl (C=O) groups excluding carboxylic acids is 1. The summed E-state index contributed by atoms with van der Waals surface area (Å²) in [5.74, 6) is 0.307. The zero-order valence-corrected chi connectivity index (χ0v) is 14.1. The molecule has 6 nitrogen and oxygen atoms in total. The summed E-state index contributed by atoms with van der Waals surface area (Å²) in [6.07, 6.45) is 3.63. The first-order valence-electron chi connectivity index (χ1n) is 8.52. The number of aromatic nitrogens is 2. The van der Waals surface area contributed by atoms with Gasteiger partial charge in [-0.3, -0.25) is 9.69 Å². The van der Waals surface area contributed by atoms with Crippen LogP contribution >= 0.6 is 0 Å². The van der Waals surface area contributed by atoms with Crippen LogP contribution in [0.2, 0.25) is 0 Å². The monoisotopic (exact) mass is 335 g/mol. The van der Waals surface area contributed by atoms with Gasteiger partial charge >= 0.3 is 0 Å². The summed E-state index contributed by atoms with van der Waals surface area (Å²) in [7, 11) is 0. The Balaban J connectivity index is 1.44. The van der Waals surface area contributed by atoms with Crippen molar-refractivity contribution in [3.63, 3.8) is 0 Å².